The van der Waals surface area contributed by atoms with Gasteiger partial charge in [-0.1, -0.05) is 19.1 Å². The van der Waals surface area contributed by atoms with E-state index >= 15 is 0 Å². The topological polar surface area (TPSA) is 35.5 Å². The second-order valence-electron chi connectivity index (χ2n) is 3.98. The number of carbonyl (C=O) groups excluding carboxylic acids is 1. The zero-order valence-corrected chi connectivity index (χ0v) is 10.7. The number of rotatable bonds is 7. The Bertz CT molecular complexity index is 343. The van der Waals surface area contributed by atoms with E-state index in [1.165, 1.54) is 0 Å². The first-order valence-electron chi connectivity index (χ1n) is 5.91. The normalized spacial score (nSPS) is 12.2. The molecule has 3 nitrogen and oxygen atoms in total. The van der Waals surface area contributed by atoms with E-state index < -0.39 is 0 Å². The van der Waals surface area contributed by atoms with Crippen LogP contribution in [0.1, 0.15) is 31.7 Å². The maximum atomic E-state index is 11.4. The minimum absolute atomic E-state index is 0.00280. The molecule has 17 heavy (non-hydrogen) atoms. The first kappa shape index (κ1) is 13.7. The molecule has 0 amide bonds. The lowest BCUT2D eigenvalue weighted by Crippen LogP contribution is -2.08. The molecule has 1 rings (SSSR count). The van der Waals surface area contributed by atoms with Crippen LogP contribution in [0.15, 0.2) is 24.3 Å². The zero-order valence-electron chi connectivity index (χ0n) is 10.7. The number of carbonyl (C=O) groups is 1. The summed E-state index contributed by atoms with van der Waals surface area (Å²) in [7, 11) is 1.64. The summed E-state index contributed by atoms with van der Waals surface area (Å²) >= 11 is 0. The van der Waals surface area contributed by atoms with Crippen LogP contribution in [-0.4, -0.2) is 26.1 Å². The van der Waals surface area contributed by atoms with Gasteiger partial charge in [-0.2, -0.15) is 0 Å². The van der Waals surface area contributed by atoms with Crippen LogP contribution in [0.25, 0.3) is 0 Å². The maximum absolute atomic E-state index is 11.4. The fourth-order valence-corrected chi connectivity index (χ4v) is 1.80. The van der Waals surface area contributed by atoms with Crippen molar-refractivity contribution >= 4 is 5.78 Å². The van der Waals surface area contributed by atoms with E-state index in [-0.39, 0.29) is 11.7 Å². The minimum atomic E-state index is 0.00280. The first-order valence-corrected chi connectivity index (χ1v) is 5.91. The molecular formula is C14H20O3. The number of Topliss-reactive ketones (excluding diaryl/α,β-unsaturated/α-hetero) is 1. The molecule has 0 heterocycles. The third-order valence-corrected chi connectivity index (χ3v) is 2.74. The van der Waals surface area contributed by atoms with Crippen molar-refractivity contribution in [2.75, 3.05) is 20.3 Å². The molecule has 1 aromatic carbocycles. The van der Waals surface area contributed by atoms with Gasteiger partial charge in [0.05, 0.1) is 6.61 Å². The highest BCUT2D eigenvalue weighted by atomic mass is 16.5. The van der Waals surface area contributed by atoms with Crippen LogP contribution in [0, 0.1) is 0 Å². The highest BCUT2D eigenvalue weighted by Crippen LogP contribution is 2.23. The van der Waals surface area contributed by atoms with E-state index in [1.54, 1.807) is 14.0 Å². The predicted molar refractivity (Wildman–Crippen MR) is 67.5 cm³/mol. The van der Waals surface area contributed by atoms with Crippen molar-refractivity contribution in [1.82, 2.24) is 0 Å². The monoisotopic (exact) mass is 236 g/mol. The van der Waals surface area contributed by atoms with Gasteiger partial charge in [0.1, 0.15) is 18.1 Å². The Morgan fingerprint density at radius 2 is 1.88 bits per heavy atom. The maximum Gasteiger partial charge on any atom is 0.137 e. The van der Waals surface area contributed by atoms with E-state index in [0.29, 0.717) is 13.2 Å². The van der Waals surface area contributed by atoms with E-state index in [1.807, 2.05) is 31.2 Å². The highest BCUT2D eigenvalue weighted by Gasteiger charge is 2.13. The summed E-state index contributed by atoms with van der Waals surface area (Å²) in [6.45, 7) is 4.78. The average molecular weight is 236 g/mol. The van der Waals surface area contributed by atoms with Gasteiger partial charge in [0.15, 0.2) is 0 Å². The molecule has 1 atom stereocenters. The molecule has 1 aromatic rings. The molecular weight excluding hydrogens is 216 g/mol. The molecule has 0 spiro atoms. The predicted octanol–water partition coefficient (Wildman–Crippen LogP) is 2.79. The number of methoxy groups -OCH3 is 1. The Morgan fingerprint density at radius 3 is 2.35 bits per heavy atom. The third-order valence-electron chi connectivity index (χ3n) is 2.74. The van der Waals surface area contributed by atoms with Gasteiger partial charge in [-0.15, -0.1) is 0 Å². The molecule has 0 fully saturated rings. The van der Waals surface area contributed by atoms with Gasteiger partial charge < -0.3 is 9.47 Å². The largest absolute Gasteiger partial charge is 0.491 e. The van der Waals surface area contributed by atoms with E-state index in [2.05, 4.69) is 0 Å². The standard InChI is InChI=1S/C14H20O3/c1-4-14(11(2)15)12-5-7-13(8-6-12)17-10-9-16-3/h5-8,14H,4,9-10H2,1-3H3. The molecule has 0 aliphatic heterocycles. The van der Waals surface area contributed by atoms with Crippen molar-refractivity contribution in [3.8, 4) is 5.75 Å². The first-order chi connectivity index (χ1) is 8.19. The van der Waals surface area contributed by atoms with E-state index in [9.17, 15) is 4.79 Å². The van der Waals surface area contributed by atoms with Crippen molar-refractivity contribution in [2.24, 2.45) is 0 Å². The quantitative estimate of drug-likeness (QED) is 0.683. The summed E-state index contributed by atoms with van der Waals surface area (Å²) in [5.74, 6) is 1.02. The van der Waals surface area contributed by atoms with Gasteiger partial charge in [0.2, 0.25) is 0 Å². The van der Waals surface area contributed by atoms with E-state index in [4.69, 9.17) is 9.47 Å². The molecule has 0 aliphatic carbocycles. The number of ketones is 1. The minimum Gasteiger partial charge on any atom is -0.491 e. The number of hydrogen-bond donors (Lipinski definition) is 0. The number of benzene rings is 1. The van der Waals surface area contributed by atoms with Crippen LogP contribution in [-0.2, 0) is 9.53 Å². The van der Waals surface area contributed by atoms with Gasteiger partial charge in [0.25, 0.3) is 0 Å². The van der Waals surface area contributed by atoms with Crippen molar-refractivity contribution in [3.05, 3.63) is 29.8 Å². The lowest BCUT2D eigenvalue weighted by atomic mass is 9.93. The molecule has 0 saturated carbocycles. The summed E-state index contributed by atoms with van der Waals surface area (Å²) in [4.78, 5) is 11.4. The van der Waals surface area contributed by atoms with Crippen molar-refractivity contribution < 1.29 is 14.3 Å². The third kappa shape index (κ3) is 4.19. The molecule has 94 valence electrons. The molecule has 3 heteroatoms. The van der Waals surface area contributed by atoms with E-state index in [0.717, 1.165) is 17.7 Å². The van der Waals surface area contributed by atoms with Gasteiger partial charge in [0, 0.05) is 13.0 Å². The number of ether oxygens (including phenoxy) is 2. The second-order valence-corrected chi connectivity index (χ2v) is 3.98. The summed E-state index contributed by atoms with van der Waals surface area (Å²) < 4.78 is 10.4. The van der Waals surface area contributed by atoms with Crippen LogP contribution < -0.4 is 4.74 Å². The van der Waals surface area contributed by atoms with Gasteiger partial charge >= 0.3 is 0 Å². The van der Waals surface area contributed by atoms with Crippen LogP contribution in [0.5, 0.6) is 5.75 Å². The van der Waals surface area contributed by atoms with Crippen LogP contribution in [0.4, 0.5) is 0 Å². The second kappa shape index (κ2) is 7.07. The fourth-order valence-electron chi connectivity index (χ4n) is 1.80. The highest BCUT2D eigenvalue weighted by molar-refractivity contribution is 5.83. The summed E-state index contributed by atoms with van der Waals surface area (Å²) in [5.41, 5.74) is 1.05. The molecule has 0 radical (unpaired) electrons. The Balaban J connectivity index is 2.63. The summed E-state index contributed by atoms with van der Waals surface area (Å²) in [5, 5.41) is 0. The van der Waals surface area contributed by atoms with Crippen molar-refractivity contribution in [1.29, 1.82) is 0 Å². The number of hydrogen-bond acceptors (Lipinski definition) is 3. The molecule has 0 N–H and O–H groups in total. The molecule has 0 aromatic heterocycles. The Labute approximate surface area is 103 Å². The summed E-state index contributed by atoms with van der Waals surface area (Å²) in [6.07, 6.45) is 0.833. The lowest BCUT2D eigenvalue weighted by molar-refractivity contribution is -0.118. The Hall–Kier alpha value is -1.35. The van der Waals surface area contributed by atoms with Gasteiger partial charge in [-0.05, 0) is 31.0 Å². The van der Waals surface area contributed by atoms with Gasteiger partial charge in [-0.3, -0.25) is 4.79 Å². The lowest BCUT2D eigenvalue weighted by Gasteiger charge is -2.12. The molecule has 1 unspecified atom stereocenters. The Kier molecular flexibility index (Phi) is 5.70. The van der Waals surface area contributed by atoms with Gasteiger partial charge in [-0.25, -0.2) is 0 Å². The SMILES string of the molecule is CCC(C(C)=O)c1ccc(OCCOC)cc1. The smallest absolute Gasteiger partial charge is 0.137 e. The van der Waals surface area contributed by atoms with Crippen LogP contribution in [0.3, 0.4) is 0 Å². The van der Waals surface area contributed by atoms with Crippen molar-refractivity contribution in [2.45, 2.75) is 26.2 Å². The van der Waals surface area contributed by atoms with Crippen LogP contribution >= 0.6 is 0 Å². The molecule has 0 bridgehead atoms. The molecule has 0 saturated heterocycles. The molecule has 0 aliphatic rings. The summed E-state index contributed by atoms with van der Waals surface area (Å²) in [6, 6.07) is 7.71. The Morgan fingerprint density at radius 1 is 1.24 bits per heavy atom. The van der Waals surface area contributed by atoms with Crippen molar-refractivity contribution in [3.63, 3.8) is 0 Å². The average Bonchev–Trinajstić information content (AvgIpc) is 2.32. The zero-order chi connectivity index (χ0) is 12.7. The fraction of sp³-hybridized carbons (Fsp3) is 0.500. The van der Waals surface area contributed by atoms with Crippen LogP contribution in [0.2, 0.25) is 0 Å².